The molecule has 7 nitrogen and oxygen atoms in total. The highest BCUT2D eigenvalue weighted by molar-refractivity contribution is 5.56. The fraction of sp³-hybridized carbons (Fsp3) is 0.333. The molecule has 3 heterocycles. The van der Waals surface area contributed by atoms with Gasteiger partial charge in [0.05, 0.1) is 11.6 Å². The zero-order valence-electron chi connectivity index (χ0n) is 17.7. The van der Waals surface area contributed by atoms with Gasteiger partial charge in [0.1, 0.15) is 11.6 Å². The summed E-state index contributed by atoms with van der Waals surface area (Å²) in [5.74, 6) is 1.51. The molecule has 0 amide bonds. The van der Waals surface area contributed by atoms with Gasteiger partial charge in [0.2, 0.25) is 0 Å². The smallest absolute Gasteiger partial charge is 0.251 e. The van der Waals surface area contributed by atoms with Crippen LogP contribution in [0.25, 0.3) is 11.4 Å². The Hall–Kier alpha value is -3.50. The first-order valence-corrected chi connectivity index (χ1v) is 10.7. The van der Waals surface area contributed by atoms with Gasteiger partial charge in [-0.15, -0.1) is 0 Å². The van der Waals surface area contributed by atoms with Crippen LogP contribution in [0.1, 0.15) is 30.2 Å². The Morgan fingerprint density at radius 2 is 1.94 bits per heavy atom. The van der Waals surface area contributed by atoms with Crippen molar-refractivity contribution in [1.82, 2.24) is 19.9 Å². The van der Waals surface area contributed by atoms with Crippen LogP contribution >= 0.6 is 0 Å². The van der Waals surface area contributed by atoms with Crippen LogP contribution in [0.4, 0.5) is 5.82 Å². The van der Waals surface area contributed by atoms with Gasteiger partial charge in [0.25, 0.3) is 5.56 Å². The number of anilines is 1. The fourth-order valence-corrected chi connectivity index (χ4v) is 3.84. The van der Waals surface area contributed by atoms with E-state index in [2.05, 4.69) is 30.8 Å². The lowest BCUT2D eigenvalue weighted by Crippen LogP contribution is -2.30. The number of nitrogens with zero attached hydrogens (tertiary/aromatic N) is 5. The molecule has 1 saturated heterocycles. The average Bonchev–Trinajstić information content (AvgIpc) is 3.05. The number of aromatic amines is 1. The van der Waals surface area contributed by atoms with E-state index in [-0.39, 0.29) is 5.56 Å². The van der Waals surface area contributed by atoms with Crippen molar-refractivity contribution in [1.29, 1.82) is 5.26 Å². The Kier molecular flexibility index (Phi) is 6.39. The molecule has 31 heavy (non-hydrogen) atoms. The van der Waals surface area contributed by atoms with Gasteiger partial charge >= 0.3 is 0 Å². The third kappa shape index (κ3) is 5.16. The quantitative estimate of drug-likeness (QED) is 0.690. The molecule has 4 rings (SSSR count). The van der Waals surface area contributed by atoms with Crippen molar-refractivity contribution < 1.29 is 0 Å². The second kappa shape index (κ2) is 9.54. The molecule has 0 spiro atoms. The zero-order chi connectivity index (χ0) is 21.6. The van der Waals surface area contributed by atoms with E-state index in [9.17, 15) is 4.79 Å². The number of pyridine rings is 1. The molecule has 1 aromatic carbocycles. The monoisotopic (exact) mass is 414 g/mol. The minimum absolute atomic E-state index is 0.138. The number of aromatic nitrogens is 3. The predicted molar refractivity (Wildman–Crippen MR) is 121 cm³/mol. The highest BCUT2D eigenvalue weighted by Gasteiger charge is 2.16. The summed E-state index contributed by atoms with van der Waals surface area (Å²) in [6, 6.07) is 15.5. The molecule has 7 heteroatoms. The topological polar surface area (TPSA) is 88.9 Å². The van der Waals surface area contributed by atoms with Crippen molar-refractivity contribution in [3.63, 3.8) is 0 Å². The lowest BCUT2D eigenvalue weighted by Gasteiger charge is -2.23. The second-order valence-electron chi connectivity index (χ2n) is 7.77. The van der Waals surface area contributed by atoms with Gasteiger partial charge in [0, 0.05) is 56.2 Å². The van der Waals surface area contributed by atoms with Crippen LogP contribution in [0.3, 0.4) is 0 Å². The fourth-order valence-electron chi connectivity index (χ4n) is 3.84. The molecule has 0 saturated carbocycles. The molecule has 0 atom stereocenters. The van der Waals surface area contributed by atoms with Gasteiger partial charge in [-0.05, 0) is 42.7 Å². The minimum atomic E-state index is -0.138. The molecule has 1 aliphatic rings. The van der Waals surface area contributed by atoms with E-state index < -0.39 is 0 Å². The Morgan fingerprint density at radius 1 is 1.10 bits per heavy atom. The molecule has 3 aromatic rings. The van der Waals surface area contributed by atoms with Crippen molar-refractivity contribution in [2.45, 2.75) is 26.3 Å². The molecule has 0 aliphatic carbocycles. The maximum atomic E-state index is 11.8. The lowest BCUT2D eigenvalue weighted by atomic mass is 10.1. The average molecular weight is 415 g/mol. The molecule has 1 N–H and O–H groups in total. The largest absolute Gasteiger partial charge is 0.355 e. The van der Waals surface area contributed by atoms with Gasteiger partial charge in [-0.2, -0.15) is 5.26 Å². The number of nitrogens with one attached hydrogen (secondary N) is 1. The maximum absolute atomic E-state index is 11.8. The van der Waals surface area contributed by atoms with Crippen LogP contribution in [0.15, 0.2) is 53.5 Å². The Morgan fingerprint density at radius 3 is 2.65 bits per heavy atom. The van der Waals surface area contributed by atoms with Crippen molar-refractivity contribution in [2.75, 3.05) is 31.1 Å². The van der Waals surface area contributed by atoms with E-state index >= 15 is 0 Å². The number of H-pyrrole nitrogens is 1. The molecular weight excluding hydrogens is 388 g/mol. The van der Waals surface area contributed by atoms with Crippen LogP contribution in [0, 0.1) is 11.3 Å². The second-order valence-corrected chi connectivity index (χ2v) is 7.77. The standard InChI is InChI=1S/C24H26N6O/c1-2-21-14-23(31)28-24(27-21)20-8-9-22(26-16-20)30-11-3-10-29(12-13-30)17-19-6-4-18(15-25)5-7-19/h4-9,14,16H,2-3,10-13,17H2,1H3,(H,27,28,31). The first-order chi connectivity index (χ1) is 15.1. The highest BCUT2D eigenvalue weighted by Crippen LogP contribution is 2.19. The van der Waals surface area contributed by atoms with Crippen LogP contribution in [-0.2, 0) is 13.0 Å². The predicted octanol–water partition coefficient (Wildman–Crippen LogP) is 2.98. The Balaban J connectivity index is 1.40. The number of benzene rings is 1. The van der Waals surface area contributed by atoms with Gasteiger partial charge in [0.15, 0.2) is 0 Å². The first kappa shape index (κ1) is 20.8. The number of hydrogen-bond donors (Lipinski definition) is 1. The molecular formula is C24H26N6O. The number of aryl methyl sites for hydroxylation is 1. The normalized spacial score (nSPS) is 14.8. The van der Waals surface area contributed by atoms with E-state index in [4.69, 9.17) is 5.26 Å². The van der Waals surface area contributed by atoms with Gasteiger partial charge < -0.3 is 9.88 Å². The Bertz CT molecular complexity index is 1110. The summed E-state index contributed by atoms with van der Waals surface area (Å²) >= 11 is 0. The molecule has 1 aliphatic heterocycles. The summed E-state index contributed by atoms with van der Waals surface area (Å²) < 4.78 is 0. The van der Waals surface area contributed by atoms with E-state index in [0.29, 0.717) is 11.4 Å². The summed E-state index contributed by atoms with van der Waals surface area (Å²) in [5, 5.41) is 8.95. The molecule has 2 aromatic heterocycles. The highest BCUT2D eigenvalue weighted by atomic mass is 16.1. The molecule has 0 bridgehead atoms. The van der Waals surface area contributed by atoms with Crippen molar-refractivity contribution in [3.05, 3.63) is 75.8 Å². The zero-order valence-corrected chi connectivity index (χ0v) is 17.7. The number of rotatable bonds is 5. The van der Waals surface area contributed by atoms with Crippen LogP contribution in [0.2, 0.25) is 0 Å². The minimum Gasteiger partial charge on any atom is -0.355 e. The molecule has 0 unspecified atom stereocenters. The van der Waals surface area contributed by atoms with E-state index in [0.717, 1.165) is 62.6 Å². The summed E-state index contributed by atoms with van der Waals surface area (Å²) in [4.78, 5) is 28.6. The third-order valence-electron chi connectivity index (χ3n) is 5.58. The van der Waals surface area contributed by atoms with Crippen molar-refractivity contribution >= 4 is 5.82 Å². The molecule has 0 radical (unpaired) electrons. The number of nitriles is 1. The maximum Gasteiger partial charge on any atom is 0.251 e. The molecule has 1 fully saturated rings. The molecule has 158 valence electrons. The summed E-state index contributed by atoms with van der Waals surface area (Å²) in [6.45, 7) is 6.72. The van der Waals surface area contributed by atoms with Gasteiger partial charge in [-0.1, -0.05) is 19.1 Å². The Labute approximate surface area is 182 Å². The van der Waals surface area contributed by atoms with Gasteiger partial charge in [-0.25, -0.2) is 9.97 Å². The number of hydrogen-bond acceptors (Lipinski definition) is 6. The summed E-state index contributed by atoms with van der Waals surface area (Å²) in [5.41, 5.74) is 3.37. The third-order valence-corrected chi connectivity index (χ3v) is 5.58. The SMILES string of the molecule is CCc1cc(=O)[nH]c(-c2ccc(N3CCCN(Cc4ccc(C#N)cc4)CC3)nc2)n1. The summed E-state index contributed by atoms with van der Waals surface area (Å²) in [6.07, 6.45) is 3.56. The van der Waals surface area contributed by atoms with E-state index in [1.165, 1.54) is 11.6 Å². The van der Waals surface area contributed by atoms with Gasteiger partial charge in [-0.3, -0.25) is 9.69 Å². The van der Waals surface area contributed by atoms with Crippen LogP contribution in [-0.4, -0.2) is 46.0 Å². The van der Waals surface area contributed by atoms with E-state index in [1.54, 1.807) is 6.20 Å². The van der Waals surface area contributed by atoms with E-state index in [1.807, 2.05) is 43.3 Å². The summed E-state index contributed by atoms with van der Waals surface area (Å²) in [7, 11) is 0. The van der Waals surface area contributed by atoms with Crippen LogP contribution in [0.5, 0.6) is 0 Å². The lowest BCUT2D eigenvalue weighted by molar-refractivity contribution is 0.285. The van der Waals surface area contributed by atoms with Crippen LogP contribution < -0.4 is 10.5 Å². The first-order valence-electron chi connectivity index (χ1n) is 10.7. The van der Waals surface area contributed by atoms with Crippen molar-refractivity contribution in [3.8, 4) is 17.5 Å². The van der Waals surface area contributed by atoms with Crippen molar-refractivity contribution in [2.24, 2.45) is 0 Å².